The third-order valence-corrected chi connectivity index (χ3v) is 3.04. The molecule has 1 aromatic carbocycles. The zero-order valence-electron chi connectivity index (χ0n) is 7.85. The molecule has 1 nitrogen and oxygen atoms in total. The van der Waals surface area contributed by atoms with E-state index in [1.54, 1.807) is 0 Å². The standard InChI is InChI=1S/C10H13BrClN/c1-8-3-4-9(7-10(8)11)13(2)6-5-12/h3-4,7H,5-6H2,1-2H3. The fourth-order valence-corrected chi connectivity index (χ4v) is 1.70. The van der Waals surface area contributed by atoms with Crippen LogP contribution in [-0.4, -0.2) is 19.5 Å². The van der Waals surface area contributed by atoms with Crippen molar-refractivity contribution in [2.24, 2.45) is 0 Å². The number of anilines is 1. The molecule has 0 N–H and O–H groups in total. The minimum absolute atomic E-state index is 0.655. The van der Waals surface area contributed by atoms with E-state index in [1.807, 2.05) is 7.05 Å². The van der Waals surface area contributed by atoms with E-state index in [2.05, 4.69) is 46.0 Å². The molecule has 0 aliphatic rings. The van der Waals surface area contributed by atoms with E-state index < -0.39 is 0 Å². The fourth-order valence-electron chi connectivity index (χ4n) is 1.08. The molecular formula is C10H13BrClN. The highest BCUT2D eigenvalue weighted by Gasteiger charge is 2.01. The van der Waals surface area contributed by atoms with E-state index in [0.29, 0.717) is 5.88 Å². The molecule has 72 valence electrons. The minimum Gasteiger partial charge on any atom is -0.373 e. The number of nitrogens with zero attached hydrogens (tertiary/aromatic N) is 1. The molecule has 0 fully saturated rings. The van der Waals surface area contributed by atoms with Gasteiger partial charge in [0.25, 0.3) is 0 Å². The minimum atomic E-state index is 0.655. The first-order valence-electron chi connectivity index (χ1n) is 4.18. The molecule has 0 radical (unpaired) electrons. The molecule has 0 bridgehead atoms. The summed E-state index contributed by atoms with van der Waals surface area (Å²) in [6, 6.07) is 6.32. The van der Waals surface area contributed by atoms with E-state index in [0.717, 1.165) is 11.0 Å². The predicted molar refractivity (Wildman–Crippen MR) is 62.9 cm³/mol. The lowest BCUT2D eigenvalue weighted by Gasteiger charge is -2.18. The van der Waals surface area contributed by atoms with Crippen LogP contribution in [0.3, 0.4) is 0 Å². The van der Waals surface area contributed by atoms with Crippen molar-refractivity contribution in [2.45, 2.75) is 6.92 Å². The largest absolute Gasteiger partial charge is 0.373 e. The molecule has 13 heavy (non-hydrogen) atoms. The van der Waals surface area contributed by atoms with Crippen LogP contribution in [0.2, 0.25) is 0 Å². The van der Waals surface area contributed by atoms with Crippen LogP contribution in [0.5, 0.6) is 0 Å². The topological polar surface area (TPSA) is 3.24 Å². The molecule has 1 aromatic rings. The monoisotopic (exact) mass is 261 g/mol. The van der Waals surface area contributed by atoms with Gasteiger partial charge in [-0.2, -0.15) is 0 Å². The summed E-state index contributed by atoms with van der Waals surface area (Å²) >= 11 is 9.17. The van der Waals surface area contributed by atoms with Gasteiger partial charge >= 0.3 is 0 Å². The van der Waals surface area contributed by atoms with Gasteiger partial charge in [-0.3, -0.25) is 0 Å². The van der Waals surface area contributed by atoms with Crippen LogP contribution < -0.4 is 4.90 Å². The molecule has 0 aliphatic heterocycles. The van der Waals surface area contributed by atoms with Gasteiger partial charge in [-0.05, 0) is 24.6 Å². The number of halogens is 2. The van der Waals surface area contributed by atoms with Gasteiger partial charge in [-0.25, -0.2) is 0 Å². The van der Waals surface area contributed by atoms with Crippen molar-refractivity contribution in [1.29, 1.82) is 0 Å². The third kappa shape index (κ3) is 2.89. The van der Waals surface area contributed by atoms with E-state index >= 15 is 0 Å². The smallest absolute Gasteiger partial charge is 0.0399 e. The summed E-state index contributed by atoms with van der Waals surface area (Å²) in [4.78, 5) is 2.14. The maximum Gasteiger partial charge on any atom is 0.0399 e. The highest BCUT2D eigenvalue weighted by molar-refractivity contribution is 9.10. The fraction of sp³-hybridized carbons (Fsp3) is 0.400. The van der Waals surface area contributed by atoms with Crippen molar-refractivity contribution in [3.8, 4) is 0 Å². The normalized spacial score (nSPS) is 10.2. The van der Waals surface area contributed by atoms with Gasteiger partial charge in [0.15, 0.2) is 0 Å². The lowest BCUT2D eigenvalue weighted by molar-refractivity contribution is 0.972. The molecule has 0 spiro atoms. The van der Waals surface area contributed by atoms with Gasteiger partial charge in [0, 0.05) is 29.6 Å². The summed E-state index contributed by atoms with van der Waals surface area (Å²) < 4.78 is 1.14. The van der Waals surface area contributed by atoms with Gasteiger partial charge < -0.3 is 4.90 Å². The van der Waals surface area contributed by atoms with Crippen LogP contribution in [0.4, 0.5) is 5.69 Å². The summed E-state index contributed by atoms with van der Waals surface area (Å²) in [5, 5.41) is 0. The number of aryl methyl sites for hydroxylation is 1. The molecule has 3 heteroatoms. The lowest BCUT2D eigenvalue weighted by atomic mass is 10.2. The van der Waals surface area contributed by atoms with Crippen molar-refractivity contribution in [3.63, 3.8) is 0 Å². The summed E-state index contributed by atoms with van der Waals surface area (Å²) in [5.41, 5.74) is 2.45. The first-order chi connectivity index (χ1) is 6.15. The Morgan fingerprint density at radius 1 is 1.46 bits per heavy atom. The Kier molecular flexibility index (Phi) is 4.07. The van der Waals surface area contributed by atoms with Crippen LogP contribution in [0.25, 0.3) is 0 Å². The lowest BCUT2D eigenvalue weighted by Crippen LogP contribution is -2.19. The van der Waals surface area contributed by atoms with Gasteiger partial charge in [0.2, 0.25) is 0 Å². The van der Waals surface area contributed by atoms with Crippen molar-refractivity contribution >= 4 is 33.2 Å². The Hall–Kier alpha value is -0.210. The van der Waals surface area contributed by atoms with Crippen LogP contribution in [0.1, 0.15) is 5.56 Å². The zero-order chi connectivity index (χ0) is 9.84. The number of hydrogen-bond acceptors (Lipinski definition) is 1. The van der Waals surface area contributed by atoms with Gasteiger partial charge in [0.1, 0.15) is 0 Å². The van der Waals surface area contributed by atoms with Crippen molar-refractivity contribution < 1.29 is 0 Å². The van der Waals surface area contributed by atoms with E-state index in [4.69, 9.17) is 11.6 Å². The molecule has 0 saturated carbocycles. The van der Waals surface area contributed by atoms with Crippen LogP contribution >= 0.6 is 27.5 Å². The average molecular weight is 263 g/mol. The Balaban J connectivity index is 2.84. The first kappa shape index (κ1) is 10.9. The van der Waals surface area contributed by atoms with Crippen LogP contribution in [-0.2, 0) is 0 Å². The molecule has 0 saturated heterocycles. The molecule has 1 rings (SSSR count). The van der Waals surface area contributed by atoms with Gasteiger partial charge in [-0.1, -0.05) is 22.0 Å². The quantitative estimate of drug-likeness (QED) is 0.755. The van der Waals surface area contributed by atoms with Gasteiger partial charge in [0.05, 0.1) is 0 Å². The molecule has 0 aliphatic carbocycles. The second-order valence-electron chi connectivity index (χ2n) is 3.04. The van der Waals surface area contributed by atoms with Crippen molar-refractivity contribution in [1.82, 2.24) is 0 Å². The molecule has 0 amide bonds. The second-order valence-corrected chi connectivity index (χ2v) is 4.28. The highest BCUT2D eigenvalue weighted by atomic mass is 79.9. The molecule has 0 heterocycles. The number of hydrogen-bond donors (Lipinski definition) is 0. The molecule has 0 unspecified atom stereocenters. The Morgan fingerprint density at radius 3 is 2.69 bits per heavy atom. The van der Waals surface area contributed by atoms with Gasteiger partial charge in [-0.15, -0.1) is 11.6 Å². The van der Waals surface area contributed by atoms with Crippen molar-refractivity contribution in [3.05, 3.63) is 28.2 Å². The van der Waals surface area contributed by atoms with Crippen LogP contribution in [0.15, 0.2) is 22.7 Å². The molecular weight excluding hydrogens is 249 g/mol. The molecule has 0 aromatic heterocycles. The maximum atomic E-state index is 5.66. The number of rotatable bonds is 3. The van der Waals surface area contributed by atoms with E-state index in [-0.39, 0.29) is 0 Å². The number of alkyl halides is 1. The summed E-state index contributed by atoms with van der Waals surface area (Å²) in [6.07, 6.45) is 0. The van der Waals surface area contributed by atoms with Crippen molar-refractivity contribution in [2.75, 3.05) is 24.4 Å². The summed E-state index contributed by atoms with van der Waals surface area (Å²) in [7, 11) is 2.04. The SMILES string of the molecule is Cc1ccc(N(C)CCCl)cc1Br. The summed E-state index contributed by atoms with van der Waals surface area (Å²) in [6.45, 7) is 2.95. The van der Waals surface area contributed by atoms with E-state index in [1.165, 1.54) is 11.3 Å². The molecule has 0 atom stereocenters. The Bertz CT molecular complexity index is 288. The number of benzene rings is 1. The van der Waals surface area contributed by atoms with Crippen LogP contribution in [0, 0.1) is 6.92 Å². The first-order valence-corrected chi connectivity index (χ1v) is 5.51. The Labute approximate surface area is 92.8 Å². The highest BCUT2D eigenvalue weighted by Crippen LogP contribution is 2.22. The second kappa shape index (κ2) is 4.87. The zero-order valence-corrected chi connectivity index (χ0v) is 10.2. The summed E-state index contributed by atoms with van der Waals surface area (Å²) in [5.74, 6) is 0.655. The Morgan fingerprint density at radius 2 is 2.15 bits per heavy atom. The predicted octanol–water partition coefficient (Wildman–Crippen LogP) is 3.43. The van der Waals surface area contributed by atoms with E-state index in [9.17, 15) is 0 Å². The average Bonchev–Trinajstić information content (AvgIpc) is 2.10. The maximum absolute atomic E-state index is 5.66. The third-order valence-electron chi connectivity index (χ3n) is 2.02.